The lowest BCUT2D eigenvalue weighted by atomic mass is 9.95. The Morgan fingerprint density at radius 3 is 1.82 bits per heavy atom. The summed E-state index contributed by atoms with van der Waals surface area (Å²) in [7, 11) is 0. The SMILES string of the molecule is O=C1C=CC(=O)c2ccccc21.c1cn[nH]c1. The summed E-state index contributed by atoms with van der Waals surface area (Å²) in [6.07, 6.45) is 6.08. The fraction of sp³-hybridized carbons (Fsp3) is 0. The maximum absolute atomic E-state index is 11.2. The number of H-pyrrole nitrogens is 1. The first kappa shape index (κ1) is 11.0. The monoisotopic (exact) mass is 226 g/mol. The van der Waals surface area contributed by atoms with Gasteiger partial charge in [-0.05, 0) is 18.2 Å². The van der Waals surface area contributed by atoms with E-state index < -0.39 is 0 Å². The number of rotatable bonds is 0. The van der Waals surface area contributed by atoms with E-state index in [0.717, 1.165) is 0 Å². The van der Waals surface area contributed by atoms with Crippen molar-refractivity contribution in [2.45, 2.75) is 0 Å². The highest BCUT2D eigenvalue weighted by Crippen LogP contribution is 2.15. The molecule has 0 atom stereocenters. The molecule has 1 aliphatic rings. The summed E-state index contributed by atoms with van der Waals surface area (Å²) in [5.41, 5.74) is 1.01. The van der Waals surface area contributed by atoms with Gasteiger partial charge in [-0.2, -0.15) is 5.10 Å². The van der Waals surface area contributed by atoms with E-state index in [-0.39, 0.29) is 11.6 Å². The summed E-state index contributed by atoms with van der Waals surface area (Å²) in [5.74, 6) is -0.185. The highest BCUT2D eigenvalue weighted by Gasteiger charge is 2.16. The van der Waals surface area contributed by atoms with Crippen molar-refractivity contribution >= 4 is 11.6 Å². The number of nitrogens with zero attached hydrogens (tertiary/aromatic N) is 1. The predicted octanol–water partition coefficient (Wildman–Crippen LogP) is 2.03. The van der Waals surface area contributed by atoms with Gasteiger partial charge in [0.05, 0.1) is 0 Å². The first-order valence-corrected chi connectivity index (χ1v) is 5.08. The number of fused-ring (bicyclic) bond motifs is 1. The van der Waals surface area contributed by atoms with Crippen LogP contribution in [0.4, 0.5) is 0 Å². The van der Waals surface area contributed by atoms with Crippen molar-refractivity contribution in [2.24, 2.45) is 0 Å². The fourth-order valence-electron chi connectivity index (χ4n) is 1.46. The molecule has 2 aromatic rings. The van der Waals surface area contributed by atoms with E-state index in [1.807, 2.05) is 6.07 Å². The second-order valence-electron chi connectivity index (χ2n) is 3.37. The molecular weight excluding hydrogens is 216 g/mol. The van der Waals surface area contributed by atoms with Gasteiger partial charge >= 0.3 is 0 Å². The van der Waals surface area contributed by atoms with Gasteiger partial charge in [-0.1, -0.05) is 24.3 Å². The number of allylic oxidation sites excluding steroid dienone is 2. The summed E-state index contributed by atoms with van der Waals surface area (Å²) in [6.45, 7) is 0. The van der Waals surface area contributed by atoms with Crippen molar-refractivity contribution in [1.29, 1.82) is 0 Å². The Hall–Kier alpha value is -2.49. The van der Waals surface area contributed by atoms with Crippen LogP contribution < -0.4 is 0 Å². The molecule has 1 aromatic heterocycles. The molecule has 0 bridgehead atoms. The summed E-state index contributed by atoms with van der Waals surface area (Å²) >= 11 is 0. The number of aromatic amines is 1. The number of carbonyl (C=O) groups excluding carboxylic acids is 2. The molecule has 0 aliphatic heterocycles. The molecule has 4 nitrogen and oxygen atoms in total. The molecule has 4 heteroatoms. The normalized spacial score (nSPS) is 12.7. The van der Waals surface area contributed by atoms with Crippen LogP contribution in [-0.4, -0.2) is 21.8 Å². The Labute approximate surface area is 98.0 Å². The van der Waals surface area contributed by atoms with E-state index in [2.05, 4.69) is 10.2 Å². The maximum atomic E-state index is 11.2. The standard InChI is InChI=1S/C10H6O2.C3H4N2/c11-9-5-6-10(12)8-4-2-1-3-7(8)9;1-2-4-5-3-1/h1-6H;1-3H,(H,4,5). The van der Waals surface area contributed by atoms with Gasteiger partial charge in [0.25, 0.3) is 0 Å². The topological polar surface area (TPSA) is 62.8 Å². The van der Waals surface area contributed by atoms with Gasteiger partial charge in [0, 0.05) is 23.5 Å². The van der Waals surface area contributed by atoms with Crippen LogP contribution in [-0.2, 0) is 0 Å². The van der Waals surface area contributed by atoms with Crippen LogP contribution in [0.25, 0.3) is 0 Å². The highest BCUT2D eigenvalue weighted by atomic mass is 16.1. The second-order valence-corrected chi connectivity index (χ2v) is 3.37. The highest BCUT2D eigenvalue weighted by molar-refractivity contribution is 6.21. The number of ketones is 2. The smallest absolute Gasteiger partial charge is 0.186 e. The quantitative estimate of drug-likeness (QED) is 0.747. The number of aromatic nitrogens is 2. The minimum absolute atomic E-state index is 0.0924. The Kier molecular flexibility index (Phi) is 3.25. The van der Waals surface area contributed by atoms with Gasteiger partial charge in [-0.25, -0.2) is 0 Å². The molecule has 1 aromatic carbocycles. The molecule has 84 valence electrons. The molecule has 0 fully saturated rings. The van der Waals surface area contributed by atoms with Crippen LogP contribution in [0.3, 0.4) is 0 Å². The van der Waals surface area contributed by atoms with Gasteiger partial charge in [0.2, 0.25) is 0 Å². The third-order valence-corrected chi connectivity index (χ3v) is 2.25. The van der Waals surface area contributed by atoms with Gasteiger partial charge in [-0.3, -0.25) is 14.7 Å². The lowest BCUT2D eigenvalue weighted by Gasteiger charge is -2.06. The van der Waals surface area contributed by atoms with E-state index >= 15 is 0 Å². The Morgan fingerprint density at radius 2 is 1.47 bits per heavy atom. The molecular formula is C13H10N2O2. The molecule has 0 radical (unpaired) electrons. The van der Waals surface area contributed by atoms with Crippen molar-refractivity contribution in [2.75, 3.05) is 0 Å². The lowest BCUT2D eigenvalue weighted by molar-refractivity contribution is 0.0994. The number of nitrogens with one attached hydrogen (secondary N) is 1. The average Bonchev–Trinajstić information content (AvgIpc) is 2.93. The molecule has 1 heterocycles. The molecule has 0 saturated carbocycles. The fourth-order valence-corrected chi connectivity index (χ4v) is 1.46. The van der Waals surface area contributed by atoms with Gasteiger partial charge in [0.1, 0.15) is 0 Å². The van der Waals surface area contributed by atoms with Crippen molar-refractivity contribution in [3.63, 3.8) is 0 Å². The molecule has 0 saturated heterocycles. The second kappa shape index (κ2) is 5.03. The zero-order valence-corrected chi connectivity index (χ0v) is 8.96. The van der Waals surface area contributed by atoms with Crippen LogP contribution in [0, 0.1) is 0 Å². The molecule has 1 N–H and O–H groups in total. The van der Waals surface area contributed by atoms with Crippen LogP contribution in [0.2, 0.25) is 0 Å². The summed E-state index contributed by atoms with van der Waals surface area (Å²) in [5, 5.41) is 6.21. The van der Waals surface area contributed by atoms with Crippen molar-refractivity contribution in [1.82, 2.24) is 10.2 Å². The van der Waals surface area contributed by atoms with Gasteiger partial charge in [-0.15, -0.1) is 0 Å². The van der Waals surface area contributed by atoms with Crippen LogP contribution >= 0.6 is 0 Å². The maximum Gasteiger partial charge on any atom is 0.186 e. The predicted molar refractivity (Wildman–Crippen MR) is 62.8 cm³/mol. The number of hydrogen-bond acceptors (Lipinski definition) is 3. The third-order valence-electron chi connectivity index (χ3n) is 2.25. The number of hydrogen-bond donors (Lipinski definition) is 1. The van der Waals surface area contributed by atoms with E-state index in [0.29, 0.717) is 11.1 Å². The Balaban J connectivity index is 0.000000181. The third kappa shape index (κ3) is 2.55. The summed E-state index contributed by atoms with van der Waals surface area (Å²) < 4.78 is 0. The molecule has 1 aliphatic carbocycles. The Bertz CT molecular complexity index is 502. The molecule has 0 amide bonds. The van der Waals surface area contributed by atoms with Crippen LogP contribution in [0.1, 0.15) is 20.7 Å². The molecule has 3 rings (SSSR count). The largest absolute Gasteiger partial charge is 0.289 e. The molecule has 0 unspecified atom stereocenters. The summed E-state index contributed by atoms with van der Waals surface area (Å²) in [4.78, 5) is 22.4. The first-order chi connectivity index (χ1) is 8.29. The van der Waals surface area contributed by atoms with Crippen molar-refractivity contribution in [3.05, 3.63) is 66.0 Å². The van der Waals surface area contributed by atoms with E-state index in [1.165, 1.54) is 12.2 Å². The van der Waals surface area contributed by atoms with Crippen molar-refractivity contribution < 1.29 is 9.59 Å². The van der Waals surface area contributed by atoms with Crippen molar-refractivity contribution in [3.8, 4) is 0 Å². The van der Waals surface area contributed by atoms with Crippen LogP contribution in [0.15, 0.2) is 54.9 Å². The molecule has 0 spiro atoms. The first-order valence-electron chi connectivity index (χ1n) is 5.08. The minimum atomic E-state index is -0.0924. The Morgan fingerprint density at radius 1 is 0.882 bits per heavy atom. The van der Waals surface area contributed by atoms with E-state index in [9.17, 15) is 9.59 Å². The zero-order valence-electron chi connectivity index (χ0n) is 8.96. The number of carbonyl (C=O) groups is 2. The van der Waals surface area contributed by atoms with Crippen LogP contribution in [0.5, 0.6) is 0 Å². The number of benzene rings is 1. The zero-order chi connectivity index (χ0) is 12.1. The molecule has 17 heavy (non-hydrogen) atoms. The summed E-state index contributed by atoms with van der Waals surface area (Å²) in [6, 6.07) is 8.67. The minimum Gasteiger partial charge on any atom is -0.289 e. The van der Waals surface area contributed by atoms with Gasteiger partial charge < -0.3 is 0 Å². The van der Waals surface area contributed by atoms with E-state index in [1.54, 1.807) is 36.7 Å². The van der Waals surface area contributed by atoms with E-state index in [4.69, 9.17) is 0 Å². The van der Waals surface area contributed by atoms with Gasteiger partial charge in [0.15, 0.2) is 11.6 Å². The average molecular weight is 226 g/mol. The lowest BCUT2D eigenvalue weighted by Crippen LogP contribution is -2.10.